The van der Waals surface area contributed by atoms with E-state index in [4.69, 9.17) is 4.52 Å². The average molecular weight is 330 g/mol. The average Bonchev–Trinajstić information content (AvgIpc) is 3.17. The zero-order valence-corrected chi connectivity index (χ0v) is 13.2. The Balaban J connectivity index is 1.47. The van der Waals surface area contributed by atoms with E-state index in [2.05, 4.69) is 29.8 Å². The third-order valence-corrected chi connectivity index (χ3v) is 3.58. The lowest BCUT2D eigenvalue weighted by Gasteiger charge is -1.99. The van der Waals surface area contributed by atoms with Crippen LogP contribution in [0.15, 0.2) is 29.0 Å². The van der Waals surface area contributed by atoms with Crippen LogP contribution in [0.4, 0.5) is 5.95 Å². The fraction of sp³-hybridized carbons (Fsp3) is 0.286. The second kappa shape index (κ2) is 7.05. The molecule has 0 aromatic carbocycles. The largest absolute Gasteiger partial charge is 0.339 e. The molecule has 3 aromatic heterocycles. The number of amides is 1. The summed E-state index contributed by atoms with van der Waals surface area (Å²) in [5.74, 6) is 1.22. The molecule has 0 radical (unpaired) electrons. The monoisotopic (exact) mass is 330 g/mol. The molecule has 1 amide bonds. The smallest absolute Gasteiger partial charge is 0.241 e. The molecule has 0 aliphatic heterocycles. The van der Waals surface area contributed by atoms with Crippen molar-refractivity contribution >= 4 is 23.4 Å². The van der Waals surface area contributed by atoms with Crippen molar-refractivity contribution in [3.63, 3.8) is 0 Å². The van der Waals surface area contributed by atoms with Crippen molar-refractivity contribution in [3.05, 3.63) is 35.4 Å². The fourth-order valence-corrected chi connectivity index (χ4v) is 2.34. The molecular weight excluding hydrogens is 316 g/mol. The highest BCUT2D eigenvalue weighted by Gasteiger charge is 2.10. The van der Waals surface area contributed by atoms with E-state index >= 15 is 0 Å². The molecule has 8 nitrogen and oxygen atoms in total. The number of nitrogens with one attached hydrogen (secondary N) is 1. The molecule has 3 rings (SSSR count). The third-order valence-electron chi connectivity index (χ3n) is 2.96. The number of carbonyl (C=O) groups is 1. The topological polar surface area (TPSA) is 107 Å². The van der Waals surface area contributed by atoms with Crippen LogP contribution in [0.1, 0.15) is 23.7 Å². The summed E-state index contributed by atoms with van der Waals surface area (Å²) in [4.78, 5) is 24.2. The molecule has 0 fully saturated rings. The van der Waals surface area contributed by atoms with E-state index in [0.717, 1.165) is 10.6 Å². The van der Waals surface area contributed by atoms with Crippen LogP contribution < -0.4 is 5.32 Å². The quantitative estimate of drug-likeness (QED) is 0.738. The SMILES string of the molecule is Cc1nc(NC(=O)CCCc2nc(-c3cccnc3)no2)ns1. The lowest BCUT2D eigenvalue weighted by Crippen LogP contribution is -2.12. The van der Waals surface area contributed by atoms with Crippen LogP contribution in [0.2, 0.25) is 0 Å². The van der Waals surface area contributed by atoms with Crippen molar-refractivity contribution in [1.82, 2.24) is 24.5 Å². The predicted molar refractivity (Wildman–Crippen MR) is 83.7 cm³/mol. The number of rotatable bonds is 6. The summed E-state index contributed by atoms with van der Waals surface area (Å²) in [5.41, 5.74) is 0.796. The predicted octanol–water partition coefficient (Wildman–Crippen LogP) is 2.25. The maximum absolute atomic E-state index is 11.8. The minimum absolute atomic E-state index is 0.130. The van der Waals surface area contributed by atoms with Gasteiger partial charge in [-0.2, -0.15) is 9.36 Å². The highest BCUT2D eigenvalue weighted by molar-refractivity contribution is 7.05. The molecule has 118 valence electrons. The van der Waals surface area contributed by atoms with Crippen molar-refractivity contribution in [3.8, 4) is 11.4 Å². The number of carbonyl (C=O) groups excluding carboxylic acids is 1. The van der Waals surface area contributed by atoms with Crippen LogP contribution in [0, 0.1) is 6.92 Å². The van der Waals surface area contributed by atoms with Crippen LogP contribution in [0.3, 0.4) is 0 Å². The molecular formula is C14H14N6O2S. The lowest BCUT2D eigenvalue weighted by atomic mass is 10.2. The van der Waals surface area contributed by atoms with Gasteiger partial charge in [-0.05, 0) is 37.0 Å². The van der Waals surface area contributed by atoms with Gasteiger partial charge in [0.15, 0.2) is 0 Å². The summed E-state index contributed by atoms with van der Waals surface area (Å²) in [7, 11) is 0. The van der Waals surface area contributed by atoms with E-state index in [0.29, 0.717) is 36.9 Å². The van der Waals surface area contributed by atoms with Gasteiger partial charge in [-0.25, -0.2) is 4.98 Å². The molecule has 0 bridgehead atoms. The Labute approximate surface area is 136 Å². The molecule has 3 heterocycles. The zero-order valence-electron chi connectivity index (χ0n) is 12.4. The van der Waals surface area contributed by atoms with Crippen LogP contribution >= 0.6 is 11.5 Å². The summed E-state index contributed by atoms with van der Waals surface area (Å²) < 4.78 is 9.19. The minimum Gasteiger partial charge on any atom is -0.339 e. The van der Waals surface area contributed by atoms with E-state index in [1.165, 1.54) is 11.5 Å². The van der Waals surface area contributed by atoms with Gasteiger partial charge in [0.1, 0.15) is 5.01 Å². The maximum Gasteiger partial charge on any atom is 0.241 e. The normalized spacial score (nSPS) is 10.7. The zero-order chi connectivity index (χ0) is 16.1. The number of aryl methyl sites for hydroxylation is 2. The van der Waals surface area contributed by atoms with Gasteiger partial charge in [-0.15, -0.1) is 0 Å². The standard InChI is InChI=1S/C14H14N6O2S/c1-9-16-14(20-23-9)17-11(21)5-2-6-12-18-13(19-22-12)10-4-3-7-15-8-10/h3-4,7-8H,2,5-6H2,1H3,(H,17,20,21). The molecule has 0 spiro atoms. The molecule has 23 heavy (non-hydrogen) atoms. The van der Waals surface area contributed by atoms with E-state index in [9.17, 15) is 4.79 Å². The summed E-state index contributed by atoms with van der Waals surface area (Å²) in [5, 5.41) is 7.38. The number of nitrogens with zero attached hydrogens (tertiary/aromatic N) is 5. The van der Waals surface area contributed by atoms with E-state index < -0.39 is 0 Å². The van der Waals surface area contributed by atoms with Crippen LogP contribution in [0.5, 0.6) is 0 Å². The minimum atomic E-state index is -0.130. The Morgan fingerprint density at radius 3 is 3.04 bits per heavy atom. The highest BCUT2D eigenvalue weighted by atomic mass is 32.1. The van der Waals surface area contributed by atoms with Crippen LogP contribution in [0.25, 0.3) is 11.4 Å². The molecule has 3 aromatic rings. The third kappa shape index (κ3) is 4.16. The van der Waals surface area contributed by atoms with E-state index in [1.54, 1.807) is 12.4 Å². The number of hydrogen-bond donors (Lipinski definition) is 1. The first-order valence-electron chi connectivity index (χ1n) is 7.04. The number of anilines is 1. The molecule has 1 N–H and O–H groups in total. The van der Waals surface area contributed by atoms with Gasteiger partial charge in [0.2, 0.25) is 23.6 Å². The van der Waals surface area contributed by atoms with Gasteiger partial charge in [0.25, 0.3) is 0 Å². The molecule has 0 saturated heterocycles. The first-order chi connectivity index (χ1) is 11.2. The van der Waals surface area contributed by atoms with Gasteiger partial charge in [-0.3, -0.25) is 15.1 Å². The second-order valence-electron chi connectivity index (χ2n) is 4.79. The Bertz CT molecular complexity index is 785. The molecule has 0 aliphatic rings. The van der Waals surface area contributed by atoms with Gasteiger partial charge in [0.05, 0.1) is 0 Å². The molecule has 0 unspecified atom stereocenters. The highest BCUT2D eigenvalue weighted by Crippen LogP contribution is 2.15. The van der Waals surface area contributed by atoms with E-state index in [-0.39, 0.29) is 5.91 Å². The Hall–Kier alpha value is -2.68. The van der Waals surface area contributed by atoms with Crippen LogP contribution in [-0.2, 0) is 11.2 Å². The maximum atomic E-state index is 11.8. The number of hydrogen-bond acceptors (Lipinski definition) is 8. The number of pyridine rings is 1. The Morgan fingerprint density at radius 2 is 2.30 bits per heavy atom. The van der Waals surface area contributed by atoms with Crippen molar-refractivity contribution in [2.75, 3.05) is 5.32 Å². The first kappa shape index (κ1) is 15.2. The van der Waals surface area contributed by atoms with Crippen molar-refractivity contribution in [2.24, 2.45) is 0 Å². The lowest BCUT2D eigenvalue weighted by molar-refractivity contribution is -0.116. The van der Waals surface area contributed by atoms with Gasteiger partial charge >= 0.3 is 0 Å². The van der Waals surface area contributed by atoms with Gasteiger partial charge in [0, 0.05) is 30.8 Å². The van der Waals surface area contributed by atoms with Crippen LogP contribution in [-0.4, -0.2) is 30.4 Å². The van der Waals surface area contributed by atoms with Crippen molar-refractivity contribution in [2.45, 2.75) is 26.2 Å². The molecule has 9 heteroatoms. The summed E-state index contributed by atoms with van der Waals surface area (Å²) in [6.07, 6.45) is 4.82. The van der Waals surface area contributed by atoms with E-state index in [1.807, 2.05) is 19.1 Å². The van der Waals surface area contributed by atoms with Gasteiger partial charge in [-0.1, -0.05) is 5.16 Å². The Morgan fingerprint density at radius 1 is 1.39 bits per heavy atom. The fourth-order valence-electron chi connectivity index (χ4n) is 1.91. The Kier molecular flexibility index (Phi) is 4.67. The molecule has 0 aliphatic carbocycles. The van der Waals surface area contributed by atoms with Gasteiger partial charge < -0.3 is 4.52 Å². The summed E-state index contributed by atoms with van der Waals surface area (Å²) >= 11 is 1.25. The summed E-state index contributed by atoms with van der Waals surface area (Å²) in [6.45, 7) is 1.84. The number of aromatic nitrogens is 5. The second-order valence-corrected chi connectivity index (χ2v) is 5.75. The first-order valence-corrected chi connectivity index (χ1v) is 7.81. The molecule has 0 saturated carbocycles. The van der Waals surface area contributed by atoms with Crippen molar-refractivity contribution < 1.29 is 9.32 Å². The summed E-state index contributed by atoms with van der Waals surface area (Å²) in [6, 6.07) is 3.67. The van der Waals surface area contributed by atoms with Crippen molar-refractivity contribution in [1.29, 1.82) is 0 Å². The molecule has 0 atom stereocenters.